The molecule has 2 N–H and O–H groups in total. The van der Waals surface area contributed by atoms with Crippen LogP contribution in [0.3, 0.4) is 0 Å². The lowest BCUT2D eigenvalue weighted by Crippen LogP contribution is -2.32. The first kappa shape index (κ1) is 17.4. The van der Waals surface area contributed by atoms with E-state index in [1.165, 1.54) is 5.56 Å². The molecule has 2 aromatic carbocycles. The van der Waals surface area contributed by atoms with Crippen LogP contribution in [0.25, 0.3) is 0 Å². The summed E-state index contributed by atoms with van der Waals surface area (Å²) in [6.07, 6.45) is 2.73. The van der Waals surface area contributed by atoms with Gasteiger partial charge < -0.3 is 19.7 Å². The molecule has 2 aromatic rings. The van der Waals surface area contributed by atoms with Gasteiger partial charge in [0.15, 0.2) is 23.0 Å². The monoisotopic (exact) mass is 343 g/mol. The van der Waals surface area contributed by atoms with E-state index >= 15 is 0 Å². The number of hydrogen-bond acceptors (Lipinski definition) is 5. The average Bonchev–Trinajstić information content (AvgIpc) is 2.61. The zero-order valence-corrected chi connectivity index (χ0v) is 15.0. The summed E-state index contributed by atoms with van der Waals surface area (Å²) in [6.45, 7) is 0.977. The Balaban J connectivity index is 1.82. The van der Waals surface area contributed by atoms with E-state index in [1.807, 2.05) is 24.3 Å². The minimum Gasteiger partial charge on any atom is -0.504 e. The number of phenolic OH excluding ortho intramolecular Hbond substituents is 2. The molecule has 1 heterocycles. The third-order valence-corrected chi connectivity index (χ3v) is 5.02. The van der Waals surface area contributed by atoms with E-state index in [9.17, 15) is 10.2 Å². The van der Waals surface area contributed by atoms with Crippen LogP contribution in [0.4, 0.5) is 0 Å². The second-order valence-electron chi connectivity index (χ2n) is 6.51. The number of aryl methyl sites for hydroxylation is 1. The molecule has 0 saturated carbocycles. The molecule has 0 unspecified atom stereocenters. The maximum absolute atomic E-state index is 10.2. The van der Waals surface area contributed by atoms with Gasteiger partial charge in [-0.1, -0.05) is 6.07 Å². The van der Waals surface area contributed by atoms with Crippen molar-refractivity contribution in [3.63, 3.8) is 0 Å². The first-order valence-electron chi connectivity index (χ1n) is 8.49. The van der Waals surface area contributed by atoms with Crippen molar-refractivity contribution in [1.82, 2.24) is 4.90 Å². The van der Waals surface area contributed by atoms with E-state index < -0.39 is 0 Å². The minimum absolute atomic E-state index is 0.156. The molecule has 0 spiro atoms. The highest BCUT2D eigenvalue weighted by atomic mass is 16.5. The molecule has 1 atom stereocenters. The Morgan fingerprint density at radius 3 is 2.48 bits per heavy atom. The van der Waals surface area contributed by atoms with Gasteiger partial charge in [0, 0.05) is 12.6 Å². The maximum Gasteiger partial charge on any atom is 0.160 e. The Hall–Kier alpha value is -2.40. The Kier molecular flexibility index (Phi) is 5.04. The number of phenols is 2. The van der Waals surface area contributed by atoms with Gasteiger partial charge in [0.05, 0.1) is 14.2 Å². The Bertz CT molecular complexity index is 760. The molecule has 134 valence electrons. The molecule has 0 aliphatic carbocycles. The lowest BCUT2D eigenvalue weighted by molar-refractivity contribution is 0.218. The normalized spacial score (nSPS) is 17.2. The number of nitrogens with zero attached hydrogens (tertiary/aromatic N) is 1. The van der Waals surface area contributed by atoms with Gasteiger partial charge in [-0.2, -0.15) is 0 Å². The van der Waals surface area contributed by atoms with Crippen LogP contribution in [-0.2, 0) is 12.8 Å². The smallest absolute Gasteiger partial charge is 0.160 e. The van der Waals surface area contributed by atoms with E-state index in [1.54, 1.807) is 20.3 Å². The molecular weight excluding hydrogens is 318 g/mol. The number of hydrogen-bond donors (Lipinski definition) is 2. The molecule has 5 heteroatoms. The summed E-state index contributed by atoms with van der Waals surface area (Å²) < 4.78 is 10.4. The second-order valence-corrected chi connectivity index (χ2v) is 6.51. The zero-order chi connectivity index (χ0) is 18.0. The fourth-order valence-electron chi connectivity index (χ4n) is 3.56. The van der Waals surface area contributed by atoms with Crippen LogP contribution in [0.5, 0.6) is 23.0 Å². The number of methoxy groups -OCH3 is 2. The highest BCUT2D eigenvalue weighted by Gasteiger charge is 2.26. The topological polar surface area (TPSA) is 62.2 Å². The molecule has 0 amide bonds. The van der Waals surface area contributed by atoms with Crippen LogP contribution >= 0.6 is 0 Å². The number of aromatic hydroxyl groups is 2. The van der Waals surface area contributed by atoms with Crippen LogP contribution in [0.2, 0.25) is 0 Å². The molecule has 0 aromatic heterocycles. The Labute approximate surface area is 148 Å². The lowest BCUT2D eigenvalue weighted by atomic mass is 9.89. The number of likely N-dealkylation sites (N-methyl/N-ethyl adjacent to an activating group) is 1. The van der Waals surface area contributed by atoms with Crippen molar-refractivity contribution in [3.8, 4) is 23.0 Å². The second kappa shape index (κ2) is 7.23. The Morgan fingerprint density at radius 2 is 1.76 bits per heavy atom. The van der Waals surface area contributed by atoms with Gasteiger partial charge in [0.2, 0.25) is 0 Å². The van der Waals surface area contributed by atoms with Crippen LogP contribution < -0.4 is 9.47 Å². The van der Waals surface area contributed by atoms with Gasteiger partial charge in [-0.25, -0.2) is 0 Å². The summed E-state index contributed by atoms with van der Waals surface area (Å²) >= 11 is 0. The van der Waals surface area contributed by atoms with Crippen molar-refractivity contribution < 1.29 is 19.7 Å². The van der Waals surface area contributed by atoms with Crippen molar-refractivity contribution in [2.45, 2.75) is 25.3 Å². The molecule has 0 fully saturated rings. The lowest BCUT2D eigenvalue weighted by Gasteiger charge is -2.35. The van der Waals surface area contributed by atoms with Crippen molar-refractivity contribution in [1.29, 1.82) is 0 Å². The minimum atomic E-state index is 0.156. The molecule has 1 aliphatic heterocycles. The standard InChI is InChI=1S/C20H25NO4/c1-21-9-8-14-11-20(25-3)18(23)12-15(14)16(21)6-4-13-5-7-17(22)19(10-13)24-2/h5,7,10-12,16,22-23H,4,6,8-9H2,1-3H3/t16-/m1/s1. The largest absolute Gasteiger partial charge is 0.504 e. The van der Waals surface area contributed by atoms with Gasteiger partial charge in [-0.3, -0.25) is 4.90 Å². The maximum atomic E-state index is 10.2. The van der Waals surface area contributed by atoms with Gasteiger partial charge in [0.25, 0.3) is 0 Å². The molecule has 25 heavy (non-hydrogen) atoms. The number of ether oxygens (including phenoxy) is 2. The molecule has 3 rings (SSSR count). The third kappa shape index (κ3) is 3.51. The van der Waals surface area contributed by atoms with Crippen molar-refractivity contribution in [3.05, 3.63) is 47.0 Å². The highest BCUT2D eigenvalue weighted by Crippen LogP contribution is 2.39. The van der Waals surface area contributed by atoms with Gasteiger partial charge in [-0.05, 0) is 67.3 Å². The van der Waals surface area contributed by atoms with E-state index in [0.717, 1.165) is 36.9 Å². The molecule has 5 nitrogen and oxygen atoms in total. The molecule has 0 saturated heterocycles. The summed E-state index contributed by atoms with van der Waals surface area (Å²) in [4.78, 5) is 2.33. The molecule has 0 bridgehead atoms. The van der Waals surface area contributed by atoms with E-state index in [-0.39, 0.29) is 17.5 Å². The van der Waals surface area contributed by atoms with E-state index in [0.29, 0.717) is 11.5 Å². The van der Waals surface area contributed by atoms with Crippen LogP contribution in [0.15, 0.2) is 30.3 Å². The predicted molar refractivity (Wildman–Crippen MR) is 96.7 cm³/mol. The Morgan fingerprint density at radius 1 is 1.04 bits per heavy atom. The van der Waals surface area contributed by atoms with Gasteiger partial charge in [-0.15, -0.1) is 0 Å². The van der Waals surface area contributed by atoms with Crippen molar-refractivity contribution >= 4 is 0 Å². The van der Waals surface area contributed by atoms with Crippen LogP contribution in [-0.4, -0.2) is 42.9 Å². The third-order valence-electron chi connectivity index (χ3n) is 5.02. The summed E-state index contributed by atoms with van der Waals surface area (Å²) in [7, 11) is 5.25. The zero-order valence-electron chi connectivity index (χ0n) is 15.0. The van der Waals surface area contributed by atoms with Crippen LogP contribution in [0.1, 0.15) is 29.2 Å². The highest BCUT2D eigenvalue weighted by molar-refractivity contribution is 5.49. The fourth-order valence-corrected chi connectivity index (χ4v) is 3.56. The van der Waals surface area contributed by atoms with Crippen molar-refractivity contribution in [2.24, 2.45) is 0 Å². The number of rotatable bonds is 5. The first-order valence-corrected chi connectivity index (χ1v) is 8.49. The van der Waals surface area contributed by atoms with Crippen LogP contribution in [0, 0.1) is 0 Å². The predicted octanol–water partition coefficient (Wildman–Crippen LogP) is 3.28. The van der Waals surface area contributed by atoms with E-state index in [2.05, 4.69) is 11.9 Å². The summed E-state index contributed by atoms with van der Waals surface area (Å²) in [5.41, 5.74) is 3.52. The quantitative estimate of drug-likeness (QED) is 0.872. The molecule has 1 aliphatic rings. The van der Waals surface area contributed by atoms with E-state index in [4.69, 9.17) is 9.47 Å². The SMILES string of the molecule is COc1cc(CC[C@@H]2c3cc(O)c(OC)cc3CCN2C)ccc1O. The van der Waals surface area contributed by atoms with Crippen molar-refractivity contribution in [2.75, 3.05) is 27.8 Å². The summed E-state index contributed by atoms with van der Waals surface area (Å²) in [5.74, 6) is 1.37. The number of fused-ring (bicyclic) bond motifs is 1. The summed E-state index contributed by atoms with van der Waals surface area (Å²) in [5, 5.41) is 19.9. The van der Waals surface area contributed by atoms with Gasteiger partial charge in [0.1, 0.15) is 0 Å². The number of benzene rings is 2. The molecular formula is C20H25NO4. The fraction of sp³-hybridized carbons (Fsp3) is 0.400. The average molecular weight is 343 g/mol. The summed E-state index contributed by atoms with van der Waals surface area (Å²) in [6, 6.07) is 9.50. The molecule has 0 radical (unpaired) electrons. The van der Waals surface area contributed by atoms with Gasteiger partial charge >= 0.3 is 0 Å². The first-order chi connectivity index (χ1) is 12.0.